The molecule has 116 valence electrons. The Morgan fingerprint density at radius 2 is 1.96 bits per heavy atom. The van der Waals surface area contributed by atoms with E-state index in [0.717, 1.165) is 15.5 Å². The average Bonchev–Trinajstić information content (AvgIpc) is 3.03. The molecule has 3 rings (SSSR count). The summed E-state index contributed by atoms with van der Waals surface area (Å²) < 4.78 is 6.51. The third kappa shape index (κ3) is 3.31. The summed E-state index contributed by atoms with van der Waals surface area (Å²) in [6, 6.07) is 9.24. The maximum atomic E-state index is 12.5. The number of thioether (sulfide) groups is 1. The molecule has 9 heteroatoms. The number of anilines is 1. The number of halogens is 1. The molecule has 0 atom stereocenters. The Morgan fingerprint density at radius 3 is 2.52 bits per heavy atom. The Morgan fingerprint density at radius 1 is 1.26 bits per heavy atom. The van der Waals surface area contributed by atoms with Crippen molar-refractivity contribution in [3.05, 3.63) is 60.9 Å². The first-order valence-corrected chi connectivity index (χ1v) is 8.54. The van der Waals surface area contributed by atoms with Crippen LogP contribution in [0.2, 0.25) is 0 Å². The second-order valence-electron chi connectivity index (χ2n) is 4.43. The van der Waals surface area contributed by atoms with E-state index >= 15 is 0 Å². The molecule has 0 N–H and O–H groups in total. The number of hydrogen-bond donors (Lipinski definition) is 0. The molecule has 2 aromatic rings. The van der Waals surface area contributed by atoms with Crippen LogP contribution in [0.5, 0.6) is 0 Å². The number of carbonyl (C=O) groups is 1. The van der Waals surface area contributed by atoms with E-state index in [9.17, 15) is 14.9 Å². The zero-order chi connectivity index (χ0) is 16.6. The molecule has 0 saturated carbocycles. The Hall–Kier alpha value is -1.72. The van der Waals surface area contributed by atoms with Gasteiger partial charge in [-0.3, -0.25) is 19.8 Å². The molecule has 1 aromatic heterocycles. The Balaban J connectivity index is 1.89. The minimum absolute atomic E-state index is 0.0418. The molecule has 1 aromatic carbocycles. The summed E-state index contributed by atoms with van der Waals surface area (Å²) in [6.07, 6.45) is 1.63. The van der Waals surface area contributed by atoms with E-state index < -0.39 is 4.92 Å². The molecule has 23 heavy (non-hydrogen) atoms. The lowest BCUT2D eigenvalue weighted by molar-refractivity contribution is -0.384. The van der Waals surface area contributed by atoms with Crippen molar-refractivity contribution >= 4 is 74.2 Å². The highest BCUT2D eigenvalue weighted by molar-refractivity contribution is 14.1. The largest absolute Gasteiger partial charge is 0.451 e. The van der Waals surface area contributed by atoms with Gasteiger partial charge >= 0.3 is 0 Å². The van der Waals surface area contributed by atoms with Crippen LogP contribution in [0.25, 0.3) is 6.08 Å². The van der Waals surface area contributed by atoms with Gasteiger partial charge in [0.15, 0.2) is 8.09 Å². The summed E-state index contributed by atoms with van der Waals surface area (Å²) >= 11 is 8.45. The van der Waals surface area contributed by atoms with Crippen LogP contribution < -0.4 is 4.90 Å². The highest BCUT2D eigenvalue weighted by Gasteiger charge is 2.33. The van der Waals surface area contributed by atoms with Gasteiger partial charge in [-0.15, -0.1) is 0 Å². The molecule has 2 heterocycles. The smallest absolute Gasteiger partial charge is 0.270 e. The van der Waals surface area contributed by atoms with Crippen LogP contribution in [0.4, 0.5) is 11.4 Å². The quantitative estimate of drug-likeness (QED) is 0.226. The van der Waals surface area contributed by atoms with Crippen LogP contribution in [-0.4, -0.2) is 15.2 Å². The fourth-order valence-corrected chi connectivity index (χ4v) is 3.66. The fraction of sp³-hybridized carbons (Fsp3) is 0. The van der Waals surface area contributed by atoms with Gasteiger partial charge in [-0.25, -0.2) is 0 Å². The molecule has 0 unspecified atom stereocenters. The van der Waals surface area contributed by atoms with Crippen molar-refractivity contribution in [2.45, 2.75) is 0 Å². The molecule has 6 nitrogen and oxygen atoms in total. The zero-order valence-corrected chi connectivity index (χ0v) is 15.1. The fourth-order valence-electron chi connectivity index (χ4n) is 1.95. The van der Waals surface area contributed by atoms with E-state index in [2.05, 4.69) is 0 Å². The van der Waals surface area contributed by atoms with Crippen molar-refractivity contribution in [2.24, 2.45) is 0 Å². The lowest BCUT2D eigenvalue weighted by Gasteiger charge is -2.13. The van der Waals surface area contributed by atoms with Crippen molar-refractivity contribution in [1.82, 2.24) is 0 Å². The van der Waals surface area contributed by atoms with Crippen LogP contribution >= 0.6 is 46.6 Å². The van der Waals surface area contributed by atoms with Gasteiger partial charge in [0, 0.05) is 18.2 Å². The molecule has 1 fully saturated rings. The number of benzene rings is 1. The first-order valence-electron chi connectivity index (χ1n) is 6.23. The highest BCUT2D eigenvalue weighted by Crippen LogP contribution is 2.36. The van der Waals surface area contributed by atoms with Crippen molar-refractivity contribution in [2.75, 3.05) is 4.90 Å². The van der Waals surface area contributed by atoms with Crippen molar-refractivity contribution in [3.63, 3.8) is 0 Å². The summed E-state index contributed by atoms with van der Waals surface area (Å²) in [7, 11) is 0. The number of nitro benzene ring substituents is 1. The maximum Gasteiger partial charge on any atom is 0.270 e. The molecular formula is C14H7IN2O4S2. The monoisotopic (exact) mass is 458 g/mol. The predicted octanol–water partition coefficient (Wildman–Crippen LogP) is 4.20. The Kier molecular flexibility index (Phi) is 4.50. The van der Waals surface area contributed by atoms with Crippen LogP contribution in [-0.2, 0) is 4.79 Å². The lowest BCUT2D eigenvalue weighted by Crippen LogP contribution is -2.27. The number of furan rings is 1. The third-order valence-electron chi connectivity index (χ3n) is 2.98. The number of carbonyl (C=O) groups excluding carboxylic acids is 1. The van der Waals surface area contributed by atoms with Crippen molar-refractivity contribution in [3.8, 4) is 0 Å². The zero-order valence-electron chi connectivity index (χ0n) is 11.3. The number of rotatable bonds is 3. The number of nitrogens with zero attached hydrogens (tertiary/aromatic N) is 2. The van der Waals surface area contributed by atoms with Gasteiger partial charge < -0.3 is 4.42 Å². The number of amides is 1. The first kappa shape index (κ1) is 16.1. The molecule has 1 aliphatic heterocycles. The van der Waals surface area contributed by atoms with E-state index in [1.807, 2.05) is 22.6 Å². The lowest BCUT2D eigenvalue weighted by atomic mass is 10.2. The number of non-ortho nitro benzene ring substituents is 1. The van der Waals surface area contributed by atoms with Crippen molar-refractivity contribution < 1.29 is 14.1 Å². The van der Waals surface area contributed by atoms with Crippen LogP contribution in [0.15, 0.2) is 45.7 Å². The molecule has 0 radical (unpaired) electrons. The van der Waals surface area contributed by atoms with E-state index in [-0.39, 0.29) is 11.6 Å². The summed E-state index contributed by atoms with van der Waals surface area (Å²) in [5.41, 5.74) is 0.454. The van der Waals surface area contributed by atoms with Gasteiger partial charge in [0.05, 0.1) is 15.5 Å². The minimum atomic E-state index is -0.494. The molecule has 1 saturated heterocycles. The minimum Gasteiger partial charge on any atom is -0.451 e. The molecule has 0 bridgehead atoms. The van der Waals surface area contributed by atoms with Crippen LogP contribution in [0.3, 0.4) is 0 Å². The normalized spacial score (nSPS) is 16.4. The SMILES string of the molecule is O=C1/C(=C\c2ccc(I)o2)SC(=S)N1c1ccc([N+](=O)[O-])cc1. The average molecular weight is 458 g/mol. The second kappa shape index (κ2) is 6.42. The van der Waals surface area contributed by atoms with E-state index in [4.69, 9.17) is 16.6 Å². The number of hydrogen-bond acceptors (Lipinski definition) is 6. The summed E-state index contributed by atoms with van der Waals surface area (Å²) in [4.78, 5) is 24.5. The van der Waals surface area contributed by atoms with Crippen LogP contribution in [0, 0.1) is 13.9 Å². The second-order valence-corrected chi connectivity index (χ2v) is 7.17. The molecule has 0 aliphatic carbocycles. The Labute approximate surface area is 153 Å². The molecule has 0 spiro atoms. The van der Waals surface area contributed by atoms with Gasteiger partial charge in [0.1, 0.15) is 5.76 Å². The predicted molar refractivity (Wildman–Crippen MR) is 100 cm³/mol. The maximum absolute atomic E-state index is 12.5. The van der Waals surface area contributed by atoms with E-state index in [1.54, 1.807) is 18.2 Å². The summed E-state index contributed by atoms with van der Waals surface area (Å²) in [5, 5.41) is 10.7. The number of nitro groups is 1. The van der Waals surface area contributed by atoms with Gasteiger partial charge in [-0.2, -0.15) is 0 Å². The topological polar surface area (TPSA) is 76.6 Å². The van der Waals surface area contributed by atoms with Gasteiger partial charge in [-0.05, 0) is 46.9 Å². The first-order chi connectivity index (χ1) is 11.0. The molecular weight excluding hydrogens is 451 g/mol. The van der Waals surface area contributed by atoms with E-state index in [0.29, 0.717) is 20.7 Å². The van der Waals surface area contributed by atoms with Gasteiger partial charge in [0.25, 0.3) is 11.6 Å². The summed E-state index contributed by atoms with van der Waals surface area (Å²) in [5.74, 6) is 0.291. The highest BCUT2D eigenvalue weighted by atomic mass is 127. The van der Waals surface area contributed by atoms with Crippen molar-refractivity contribution in [1.29, 1.82) is 0 Å². The van der Waals surface area contributed by atoms with Crippen LogP contribution in [0.1, 0.15) is 5.76 Å². The molecule has 1 amide bonds. The standard InChI is InChI=1S/C14H7IN2O4S2/c15-12-6-5-10(21-12)7-11-13(18)16(14(22)23-11)8-1-3-9(4-2-8)17(19)20/h1-7H/b11-7+. The number of thiocarbonyl (C=S) groups is 1. The van der Waals surface area contributed by atoms with E-state index in [1.165, 1.54) is 29.2 Å². The third-order valence-corrected chi connectivity index (χ3v) is 4.86. The van der Waals surface area contributed by atoms with Gasteiger partial charge in [-0.1, -0.05) is 24.0 Å². The van der Waals surface area contributed by atoms with Gasteiger partial charge in [0.2, 0.25) is 0 Å². The molecule has 1 aliphatic rings. The Bertz CT molecular complexity index is 845. The summed E-state index contributed by atoms with van der Waals surface area (Å²) in [6.45, 7) is 0.